The maximum atomic E-state index is 5.35. The van der Waals surface area contributed by atoms with Crippen LogP contribution in [-0.2, 0) is 0 Å². The highest BCUT2D eigenvalue weighted by Crippen LogP contribution is 2.36. The largest absolute Gasteiger partial charge is 0.361 e. The number of fused-ring (bicyclic) bond motifs is 1. The third-order valence-corrected chi connectivity index (χ3v) is 4.32. The Morgan fingerprint density at radius 3 is 2.48 bits per heavy atom. The van der Waals surface area contributed by atoms with E-state index >= 15 is 0 Å². The molecule has 4 aromatic rings. The number of H-pyrrole nitrogens is 1. The van der Waals surface area contributed by atoms with Crippen LogP contribution in [-0.4, -0.2) is 20.1 Å². The summed E-state index contributed by atoms with van der Waals surface area (Å²) in [5.41, 5.74) is 8.09. The number of benzene rings is 1. The first-order valence-electron chi connectivity index (χ1n) is 7.90. The SMILES string of the molecule is C.Cc1nc2c(-c3cccnc3C)cc(-c3c(C)noc3C)cc2[nH]1. The maximum Gasteiger partial charge on any atom is 0.141 e. The Labute approximate surface area is 147 Å². The second-order valence-corrected chi connectivity index (χ2v) is 6.08. The van der Waals surface area contributed by atoms with Gasteiger partial charge in [-0.15, -0.1) is 0 Å². The summed E-state index contributed by atoms with van der Waals surface area (Å²) in [6, 6.07) is 8.30. The van der Waals surface area contributed by atoms with E-state index in [2.05, 4.69) is 38.3 Å². The summed E-state index contributed by atoms with van der Waals surface area (Å²) in [6.45, 7) is 7.88. The summed E-state index contributed by atoms with van der Waals surface area (Å²) in [5.74, 6) is 1.71. The first-order valence-corrected chi connectivity index (χ1v) is 7.90. The summed E-state index contributed by atoms with van der Waals surface area (Å²) >= 11 is 0. The van der Waals surface area contributed by atoms with Gasteiger partial charge in [0.25, 0.3) is 0 Å². The second kappa shape index (κ2) is 6.16. The van der Waals surface area contributed by atoms with Crippen LogP contribution in [0.4, 0.5) is 0 Å². The van der Waals surface area contributed by atoms with Crippen molar-refractivity contribution in [2.75, 3.05) is 0 Å². The summed E-state index contributed by atoms with van der Waals surface area (Å²) in [7, 11) is 0. The molecule has 0 saturated carbocycles. The number of nitrogens with zero attached hydrogens (tertiary/aromatic N) is 3. The fourth-order valence-corrected chi connectivity index (χ4v) is 3.25. The van der Waals surface area contributed by atoms with Gasteiger partial charge in [0.05, 0.1) is 16.7 Å². The highest BCUT2D eigenvalue weighted by Gasteiger charge is 2.17. The van der Waals surface area contributed by atoms with Crippen LogP contribution in [0.25, 0.3) is 33.3 Å². The minimum absolute atomic E-state index is 0. The molecule has 1 aromatic carbocycles. The van der Waals surface area contributed by atoms with Crippen LogP contribution in [0.15, 0.2) is 35.0 Å². The number of aromatic nitrogens is 4. The molecular formula is C20H22N4O. The molecule has 0 saturated heterocycles. The van der Waals surface area contributed by atoms with Crippen molar-refractivity contribution in [2.45, 2.75) is 35.1 Å². The third-order valence-electron chi connectivity index (χ3n) is 4.32. The lowest BCUT2D eigenvalue weighted by molar-refractivity contribution is 0.393. The highest BCUT2D eigenvalue weighted by molar-refractivity contribution is 5.96. The van der Waals surface area contributed by atoms with E-state index in [-0.39, 0.29) is 7.43 Å². The van der Waals surface area contributed by atoms with Gasteiger partial charge in [0.15, 0.2) is 0 Å². The van der Waals surface area contributed by atoms with Crippen LogP contribution < -0.4 is 0 Å². The summed E-state index contributed by atoms with van der Waals surface area (Å²) in [5, 5.41) is 4.08. The molecule has 0 spiro atoms. The topological polar surface area (TPSA) is 67.6 Å². The number of imidazole rings is 1. The molecular weight excluding hydrogens is 312 g/mol. The van der Waals surface area contributed by atoms with Gasteiger partial charge in [-0.2, -0.15) is 0 Å². The Hall–Kier alpha value is -2.95. The van der Waals surface area contributed by atoms with Crippen LogP contribution in [0.2, 0.25) is 0 Å². The molecule has 5 nitrogen and oxygen atoms in total. The number of nitrogens with one attached hydrogen (secondary N) is 1. The van der Waals surface area contributed by atoms with Gasteiger partial charge in [-0.3, -0.25) is 4.98 Å². The molecule has 0 atom stereocenters. The van der Waals surface area contributed by atoms with E-state index in [0.717, 1.165) is 56.3 Å². The average Bonchev–Trinajstić information content (AvgIpc) is 3.08. The predicted molar refractivity (Wildman–Crippen MR) is 101 cm³/mol. The number of pyridine rings is 1. The zero-order valence-corrected chi connectivity index (χ0v) is 14.1. The Bertz CT molecular complexity index is 1040. The van der Waals surface area contributed by atoms with Crippen molar-refractivity contribution in [2.24, 2.45) is 0 Å². The van der Waals surface area contributed by atoms with E-state index in [9.17, 15) is 0 Å². The number of hydrogen-bond acceptors (Lipinski definition) is 4. The van der Waals surface area contributed by atoms with Gasteiger partial charge in [-0.25, -0.2) is 4.98 Å². The zero-order chi connectivity index (χ0) is 16.8. The second-order valence-electron chi connectivity index (χ2n) is 6.08. The lowest BCUT2D eigenvalue weighted by Gasteiger charge is -2.09. The van der Waals surface area contributed by atoms with Gasteiger partial charge in [0, 0.05) is 28.6 Å². The Morgan fingerprint density at radius 2 is 1.80 bits per heavy atom. The monoisotopic (exact) mass is 334 g/mol. The van der Waals surface area contributed by atoms with E-state index in [1.807, 2.05) is 40.0 Å². The fourth-order valence-electron chi connectivity index (χ4n) is 3.25. The molecule has 0 amide bonds. The molecule has 0 radical (unpaired) electrons. The van der Waals surface area contributed by atoms with Crippen molar-refractivity contribution < 1.29 is 4.52 Å². The van der Waals surface area contributed by atoms with Gasteiger partial charge in [0.2, 0.25) is 0 Å². The lowest BCUT2D eigenvalue weighted by Crippen LogP contribution is -1.90. The van der Waals surface area contributed by atoms with Crippen molar-refractivity contribution in [1.29, 1.82) is 0 Å². The summed E-state index contributed by atoms with van der Waals surface area (Å²) in [6.07, 6.45) is 1.81. The van der Waals surface area contributed by atoms with Gasteiger partial charge in [-0.1, -0.05) is 18.6 Å². The van der Waals surface area contributed by atoms with E-state index in [1.54, 1.807) is 0 Å². The number of rotatable bonds is 2. The van der Waals surface area contributed by atoms with Gasteiger partial charge in [0.1, 0.15) is 11.6 Å². The molecule has 0 aliphatic rings. The summed E-state index contributed by atoms with van der Waals surface area (Å²) < 4.78 is 5.35. The number of aryl methyl sites for hydroxylation is 4. The van der Waals surface area contributed by atoms with Crippen LogP contribution >= 0.6 is 0 Å². The molecule has 0 unspecified atom stereocenters. The van der Waals surface area contributed by atoms with Crippen molar-refractivity contribution in [3.63, 3.8) is 0 Å². The Balaban J connectivity index is 0.00000182. The van der Waals surface area contributed by atoms with Crippen LogP contribution in [0.3, 0.4) is 0 Å². The molecule has 128 valence electrons. The van der Waals surface area contributed by atoms with Crippen LogP contribution in [0.1, 0.15) is 30.4 Å². The van der Waals surface area contributed by atoms with Gasteiger partial charge >= 0.3 is 0 Å². The molecule has 0 bridgehead atoms. The molecule has 0 aliphatic heterocycles. The number of hydrogen-bond donors (Lipinski definition) is 1. The zero-order valence-electron chi connectivity index (χ0n) is 14.1. The number of aromatic amines is 1. The molecule has 3 heterocycles. The Morgan fingerprint density at radius 1 is 1.00 bits per heavy atom. The highest BCUT2D eigenvalue weighted by atomic mass is 16.5. The van der Waals surface area contributed by atoms with Crippen molar-refractivity contribution in [3.05, 3.63) is 53.4 Å². The molecule has 5 heteroatoms. The van der Waals surface area contributed by atoms with E-state index in [4.69, 9.17) is 4.52 Å². The average molecular weight is 334 g/mol. The predicted octanol–water partition coefficient (Wildman–Crippen LogP) is 5.15. The van der Waals surface area contributed by atoms with E-state index in [0.29, 0.717) is 0 Å². The minimum Gasteiger partial charge on any atom is -0.361 e. The molecule has 25 heavy (non-hydrogen) atoms. The van der Waals surface area contributed by atoms with Crippen molar-refractivity contribution in [3.8, 4) is 22.3 Å². The van der Waals surface area contributed by atoms with Crippen molar-refractivity contribution in [1.82, 2.24) is 20.1 Å². The third kappa shape index (κ3) is 2.71. The molecule has 0 fully saturated rings. The summed E-state index contributed by atoms with van der Waals surface area (Å²) in [4.78, 5) is 12.5. The molecule has 0 aliphatic carbocycles. The lowest BCUT2D eigenvalue weighted by atomic mass is 9.96. The fraction of sp³-hybridized carbons (Fsp3) is 0.250. The standard InChI is InChI=1S/C19H18N4O.CH4/c1-10-15(6-5-7-20-10)16-8-14(18-11(2)23-24-12(18)3)9-17-19(16)22-13(4)21-17;/h5-9H,1-4H3,(H,21,22);1H4. The van der Waals surface area contributed by atoms with Crippen molar-refractivity contribution >= 4 is 11.0 Å². The normalized spacial score (nSPS) is 10.9. The first kappa shape index (κ1) is 16.9. The smallest absolute Gasteiger partial charge is 0.141 e. The molecule has 4 rings (SSSR count). The quantitative estimate of drug-likeness (QED) is 0.550. The van der Waals surface area contributed by atoms with Crippen LogP contribution in [0, 0.1) is 27.7 Å². The first-order chi connectivity index (χ1) is 11.5. The van der Waals surface area contributed by atoms with Crippen LogP contribution in [0.5, 0.6) is 0 Å². The van der Waals surface area contributed by atoms with Gasteiger partial charge in [-0.05, 0) is 51.5 Å². The van der Waals surface area contributed by atoms with E-state index < -0.39 is 0 Å². The van der Waals surface area contributed by atoms with E-state index in [1.165, 1.54) is 0 Å². The van der Waals surface area contributed by atoms with Gasteiger partial charge < -0.3 is 9.51 Å². The Kier molecular flexibility index (Phi) is 4.17. The maximum absolute atomic E-state index is 5.35. The minimum atomic E-state index is 0. The molecule has 1 N–H and O–H groups in total. The molecule has 3 aromatic heterocycles.